The molecule has 0 aliphatic heterocycles. The van der Waals surface area contributed by atoms with Gasteiger partial charge in [0.1, 0.15) is 0 Å². The van der Waals surface area contributed by atoms with Crippen molar-refractivity contribution in [3.8, 4) is 0 Å². The molecule has 0 saturated carbocycles. The Kier molecular flexibility index (Phi) is 2.71. The number of halogens is 3. The van der Waals surface area contributed by atoms with Gasteiger partial charge in [0.25, 0.3) is 0 Å². The topological polar surface area (TPSA) is 57.5 Å². The molecule has 0 saturated heterocycles. The zero-order valence-corrected chi connectivity index (χ0v) is 7.59. The number of alkyl halides is 3. The highest BCUT2D eigenvalue weighted by Gasteiger charge is 2.32. The first-order valence-corrected chi connectivity index (χ1v) is 5.06. The van der Waals surface area contributed by atoms with Crippen LogP contribution >= 0.6 is 7.60 Å². The molecule has 0 bridgehead atoms. The minimum atomic E-state index is -4.61. The summed E-state index contributed by atoms with van der Waals surface area (Å²) < 4.78 is 46.9. The first-order valence-electron chi connectivity index (χ1n) is 3.44. The number of hydrogen-bond donors (Lipinski definition) is 2. The van der Waals surface area contributed by atoms with Gasteiger partial charge in [0, 0.05) is 0 Å². The first-order chi connectivity index (χ1) is 6.21. The van der Waals surface area contributed by atoms with Gasteiger partial charge in [0.2, 0.25) is 0 Å². The predicted molar refractivity (Wildman–Crippen MR) is 43.1 cm³/mol. The molecular formula is C7H6F3O3P. The summed E-state index contributed by atoms with van der Waals surface area (Å²) in [4.78, 5) is 17.2. The van der Waals surface area contributed by atoms with E-state index in [1.807, 2.05) is 0 Å². The van der Waals surface area contributed by atoms with Crippen LogP contribution in [0.3, 0.4) is 0 Å². The van der Waals surface area contributed by atoms with Gasteiger partial charge in [0.15, 0.2) is 0 Å². The average Bonchev–Trinajstić information content (AvgIpc) is 2.01. The Morgan fingerprint density at radius 3 is 2.21 bits per heavy atom. The molecule has 78 valence electrons. The van der Waals surface area contributed by atoms with Crippen LogP contribution in [0.5, 0.6) is 0 Å². The normalized spacial score (nSPS) is 12.9. The van der Waals surface area contributed by atoms with Crippen molar-refractivity contribution >= 4 is 12.9 Å². The highest BCUT2D eigenvalue weighted by atomic mass is 31.2. The van der Waals surface area contributed by atoms with Gasteiger partial charge in [-0.3, -0.25) is 4.57 Å². The molecule has 7 heteroatoms. The van der Waals surface area contributed by atoms with E-state index in [-0.39, 0.29) is 0 Å². The summed E-state index contributed by atoms with van der Waals surface area (Å²) in [7, 11) is -4.61. The number of hydrogen-bond acceptors (Lipinski definition) is 1. The van der Waals surface area contributed by atoms with Crippen LogP contribution < -0.4 is 5.30 Å². The maximum Gasteiger partial charge on any atom is 0.416 e. The summed E-state index contributed by atoms with van der Waals surface area (Å²) in [5, 5.41) is -0.632. The van der Waals surface area contributed by atoms with Crippen LogP contribution in [0.15, 0.2) is 24.3 Å². The van der Waals surface area contributed by atoms with E-state index in [2.05, 4.69) is 0 Å². The zero-order valence-electron chi connectivity index (χ0n) is 6.69. The standard InChI is InChI=1S/C7H6F3O3P/c8-7(9,10)5-2-1-3-6(4-5)14(11,12)13/h1-4H,(H2,11,12,13). The Bertz CT molecular complexity index is 382. The van der Waals surface area contributed by atoms with E-state index in [1.54, 1.807) is 0 Å². The summed E-state index contributed by atoms with van der Waals surface area (Å²) in [6.45, 7) is 0. The maximum absolute atomic E-state index is 12.1. The van der Waals surface area contributed by atoms with Crippen LogP contribution in [0.1, 0.15) is 5.56 Å². The third kappa shape index (κ3) is 2.57. The fourth-order valence-corrected chi connectivity index (χ4v) is 1.45. The molecule has 0 fully saturated rings. The third-order valence-corrected chi connectivity index (χ3v) is 2.46. The van der Waals surface area contributed by atoms with Crippen molar-refractivity contribution in [1.29, 1.82) is 0 Å². The Labute approximate surface area is 77.3 Å². The Hall–Kier alpha value is -0.840. The van der Waals surface area contributed by atoms with Gasteiger partial charge in [-0.05, 0) is 18.2 Å². The van der Waals surface area contributed by atoms with Gasteiger partial charge >= 0.3 is 13.8 Å². The molecule has 0 aromatic heterocycles. The molecule has 1 aromatic rings. The van der Waals surface area contributed by atoms with Crippen LogP contribution in [0.25, 0.3) is 0 Å². The zero-order chi connectivity index (χ0) is 11.0. The molecule has 3 nitrogen and oxygen atoms in total. The maximum atomic E-state index is 12.1. The van der Waals surface area contributed by atoms with Gasteiger partial charge in [0.05, 0.1) is 10.9 Å². The molecular weight excluding hydrogens is 220 g/mol. The fourth-order valence-electron chi connectivity index (χ4n) is 0.863. The Morgan fingerprint density at radius 1 is 1.21 bits per heavy atom. The predicted octanol–water partition coefficient (Wildman–Crippen LogP) is 1.51. The van der Waals surface area contributed by atoms with E-state index in [0.717, 1.165) is 18.2 Å². The molecule has 2 N–H and O–H groups in total. The summed E-state index contributed by atoms with van der Waals surface area (Å²) in [5.74, 6) is 0. The van der Waals surface area contributed by atoms with Crippen molar-refractivity contribution in [3.05, 3.63) is 29.8 Å². The quantitative estimate of drug-likeness (QED) is 0.713. The van der Waals surface area contributed by atoms with Crippen LogP contribution in [-0.4, -0.2) is 9.79 Å². The monoisotopic (exact) mass is 226 g/mol. The molecule has 1 aromatic carbocycles. The van der Waals surface area contributed by atoms with Crippen LogP contribution in [0.2, 0.25) is 0 Å². The second kappa shape index (κ2) is 3.38. The molecule has 0 radical (unpaired) electrons. The molecule has 0 heterocycles. The molecule has 0 unspecified atom stereocenters. The smallest absolute Gasteiger partial charge is 0.321 e. The van der Waals surface area contributed by atoms with E-state index < -0.39 is 24.6 Å². The van der Waals surface area contributed by atoms with Crippen molar-refractivity contribution < 1.29 is 27.5 Å². The summed E-state index contributed by atoms with van der Waals surface area (Å²) in [6, 6.07) is 3.10. The average molecular weight is 226 g/mol. The summed E-state index contributed by atoms with van der Waals surface area (Å²) in [5.41, 5.74) is -1.07. The SMILES string of the molecule is O=P(O)(O)c1cccc(C(F)(F)F)c1. The van der Waals surface area contributed by atoms with Gasteiger partial charge in [-0.25, -0.2) is 0 Å². The van der Waals surface area contributed by atoms with Crippen molar-refractivity contribution in [2.24, 2.45) is 0 Å². The molecule has 0 aliphatic carbocycles. The number of rotatable bonds is 1. The minimum Gasteiger partial charge on any atom is -0.321 e. The minimum absolute atomic E-state index is 0.445. The van der Waals surface area contributed by atoms with Crippen molar-refractivity contribution in [2.45, 2.75) is 6.18 Å². The lowest BCUT2D eigenvalue weighted by Gasteiger charge is -2.09. The molecule has 0 amide bonds. The van der Waals surface area contributed by atoms with E-state index >= 15 is 0 Å². The second-order valence-electron chi connectivity index (χ2n) is 2.59. The van der Waals surface area contributed by atoms with E-state index in [4.69, 9.17) is 9.79 Å². The second-order valence-corrected chi connectivity index (χ2v) is 4.20. The molecule has 0 spiro atoms. The van der Waals surface area contributed by atoms with Crippen LogP contribution in [0.4, 0.5) is 13.2 Å². The van der Waals surface area contributed by atoms with E-state index in [1.165, 1.54) is 0 Å². The molecule has 1 rings (SSSR count). The lowest BCUT2D eigenvalue weighted by molar-refractivity contribution is -0.137. The first kappa shape index (κ1) is 11.2. The van der Waals surface area contributed by atoms with Crippen LogP contribution in [0, 0.1) is 0 Å². The van der Waals surface area contributed by atoms with Crippen LogP contribution in [-0.2, 0) is 10.7 Å². The highest BCUT2D eigenvalue weighted by molar-refractivity contribution is 7.60. The van der Waals surface area contributed by atoms with Crippen molar-refractivity contribution in [1.82, 2.24) is 0 Å². The van der Waals surface area contributed by atoms with Gasteiger partial charge in [-0.15, -0.1) is 0 Å². The van der Waals surface area contributed by atoms with Gasteiger partial charge < -0.3 is 9.79 Å². The largest absolute Gasteiger partial charge is 0.416 e. The lowest BCUT2D eigenvalue weighted by atomic mass is 10.2. The molecule has 0 atom stereocenters. The fraction of sp³-hybridized carbons (Fsp3) is 0.143. The van der Waals surface area contributed by atoms with Crippen molar-refractivity contribution in [3.63, 3.8) is 0 Å². The van der Waals surface area contributed by atoms with Gasteiger partial charge in [-0.2, -0.15) is 13.2 Å². The lowest BCUT2D eigenvalue weighted by Crippen LogP contribution is -2.11. The Morgan fingerprint density at radius 2 is 1.79 bits per heavy atom. The third-order valence-electron chi connectivity index (χ3n) is 1.51. The summed E-state index contributed by atoms with van der Waals surface area (Å²) in [6.07, 6.45) is -4.59. The highest BCUT2D eigenvalue weighted by Crippen LogP contribution is 2.36. The van der Waals surface area contributed by atoms with Gasteiger partial charge in [-0.1, -0.05) is 6.07 Å². The molecule has 0 aliphatic rings. The van der Waals surface area contributed by atoms with E-state index in [9.17, 15) is 17.7 Å². The van der Waals surface area contributed by atoms with E-state index in [0.29, 0.717) is 6.07 Å². The number of benzene rings is 1. The molecule has 14 heavy (non-hydrogen) atoms. The Balaban J connectivity index is 3.22. The van der Waals surface area contributed by atoms with Crippen molar-refractivity contribution in [2.75, 3.05) is 0 Å². The summed E-state index contributed by atoms with van der Waals surface area (Å²) >= 11 is 0.